The van der Waals surface area contributed by atoms with Gasteiger partial charge in [-0.05, 0) is 11.5 Å². The molecule has 2 heterocycles. The zero-order chi connectivity index (χ0) is 15.5. The lowest BCUT2D eigenvalue weighted by Gasteiger charge is -2.09. The lowest BCUT2D eigenvalue weighted by atomic mass is 10.2. The number of hydrogen-bond donors (Lipinski definition) is 1. The molecule has 0 unspecified atom stereocenters. The van der Waals surface area contributed by atoms with Crippen molar-refractivity contribution in [3.05, 3.63) is 42.2 Å². The summed E-state index contributed by atoms with van der Waals surface area (Å²) in [6.07, 6.45) is 1.76. The quantitative estimate of drug-likeness (QED) is 0.783. The van der Waals surface area contributed by atoms with Gasteiger partial charge in [-0.3, -0.25) is 0 Å². The summed E-state index contributed by atoms with van der Waals surface area (Å²) in [5, 5.41) is 0. The molecule has 3 rings (SSSR count). The number of rotatable bonds is 5. The number of hydrogen-bond acceptors (Lipinski definition) is 5. The molecular weight excluding hydrogens is 278 g/mol. The third-order valence-electron chi connectivity index (χ3n) is 3.23. The van der Waals surface area contributed by atoms with Crippen molar-refractivity contribution >= 4 is 17.1 Å². The molecule has 0 radical (unpaired) electrons. The van der Waals surface area contributed by atoms with E-state index in [1.807, 2.05) is 34.9 Å². The number of nitrogen functional groups attached to an aromatic ring is 1. The minimum atomic E-state index is 0.195. The molecule has 0 fully saturated rings. The van der Waals surface area contributed by atoms with E-state index in [0.29, 0.717) is 29.6 Å². The van der Waals surface area contributed by atoms with E-state index in [1.54, 1.807) is 6.33 Å². The summed E-state index contributed by atoms with van der Waals surface area (Å²) in [6, 6.07) is 9.91. The van der Waals surface area contributed by atoms with Gasteiger partial charge < -0.3 is 15.0 Å². The second-order valence-electron chi connectivity index (χ2n) is 5.62. The van der Waals surface area contributed by atoms with Gasteiger partial charge in [0, 0.05) is 6.54 Å². The van der Waals surface area contributed by atoms with Crippen molar-refractivity contribution in [2.24, 2.45) is 5.92 Å². The standard InChI is InChI=1S/C16H19N5O/c1-11(2)8-21-10-18-13-14(21)19-16(17)20-15(13)22-9-12-6-4-3-5-7-12/h3-7,10-11H,8-9H2,1-2H3,(H2,17,19,20). The number of anilines is 1. The molecule has 0 aliphatic rings. The topological polar surface area (TPSA) is 78.8 Å². The number of ether oxygens (including phenoxy) is 1. The van der Waals surface area contributed by atoms with Gasteiger partial charge in [0.05, 0.1) is 6.33 Å². The van der Waals surface area contributed by atoms with Gasteiger partial charge in [-0.25, -0.2) is 4.98 Å². The first-order valence-electron chi connectivity index (χ1n) is 7.28. The van der Waals surface area contributed by atoms with Crippen molar-refractivity contribution in [1.29, 1.82) is 0 Å². The Morgan fingerprint density at radius 1 is 1.18 bits per heavy atom. The van der Waals surface area contributed by atoms with Gasteiger partial charge in [0.15, 0.2) is 11.2 Å². The highest BCUT2D eigenvalue weighted by molar-refractivity contribution is 5.77. The molecule has 0 aliphatic carbocycles. The summed E-state index contributed by atoms with van der Waals surface area (Å²) in [7, 11) is 0. The van der Waals surface area contributed by atoms with E-state index < -0.39 is 0 Å². The van der Waals surface area contributed by atoms with Gasteiger partial charge in [0.25, 0.3) is 0 Å². The van der Waals surface area contributed by atoms with E-state index in [4.69, 9.17) is 10.5 Å². The molecule has 0 bridgehead atoms. The molecule has 2 N–H and O–H groups in total. The van der Waals surface area contributed by atoms with Gasteiger partial charge in [-0.1, -0.05) is 44.2 Å². The Kier molecular flexibility index (Phi) is 3.91. The van der Waals surface area contributed by atoms with Gasteiger partial charge in [0.2, 0.25) is 11.8 Å². The predicted octanol–water partition coefficient (Wildman–Crippen LogP) is 2.64. The maximum absolute atomic E-state index is 5.81. The average Bonchev–Trinajstić information content (AvgIpc) is 2.88. The van der Waals surface area contributed by atoms with Gasteiger partial charge >= 0.3 is 0 Å². The van der Waals surface area contributed by atoms with E-state index >= 15 is 0 Å². The molecule has 1 aromatic carbocycles. The van der Waals surface area contributed by atoms with Crippen molar-refractivity contribution in [3.8, 4) is 5.88 Å². The Morgan fingerprint density at radius 3 is 2.68 bits per heavy atom. The van der Waals surface area contributed by atoms with Crippen molar-refractivity contribution in [3.63, 3.8) is 0 Å². The summed E-state index contributed by atoms with van der Waals surface area (Å²) >= 11 is 0. The minimum Gasteiger partial charge on any atom is -0.471 e. The number of fused-ring (bicyclic) bond motifs is 1. The largest absolute Gasteiger partial charge is 0.471 e. The molecule has 0 amide bonds. The molecule has 6 heteroatoms. The molecule has 6 nitrogen and oxygen atoms in total. The summed E-state index contributed by atoms with van der Waals surface area (Å²) in [5.74, 6) is 1.11. The van der Waals surface area contributed by atoms with Crippen molar-refractivity contribution in [1.82, 2.24) is 19.5 Å². The molecule has 0 atom stereocenters. The molecule has 2 aromatic heterocycles. The van der Waals surface area contributed by atoms with E-state index in [1.165, 1.54) is 0 Å². The zero-order valence-corrected chi connectivity index (χ0v) is 12.7. The minimum absolute atomic E-state index is 0.195. The fraction of sp³-hybridized carbons (Fsp3) is 0.312. The van der Waals surface area contributed by atoms with Crippen LogP contribution in [0.4, 0.5) is 5.95 Å². The molecule has 22 heavy (non-hydrogen) atoms. The van der Waals surface area contributed by atoms with E-state index in [9.17, 15) is 0 Å². The van der Waals surface area contributed by atoms with E-state index in [0.717, 1.165) is 12.1 Å². The first kappa shape index (κ1) is 14.3. The Hall–Kier alpha value is -2.63. The Bertz CT molecular complexity index is 767. The molecule has 0 saturated carbocycles. The second-order valence-corrected chi connectivity index (χ2v) is 5.62. The van der Waals surface area contributed by atoms with Crippen molar-refractivity contribution in [2.45, 2.75) is 27.0 Å². The van der Waals surface area contributed by atoms with Crippen LogP contribution in [0.1, 0.15) is 19.4 Å². The molecule has 114 valence electrons. The highest BCUT2D eigenvalue weighted by Crippen LogP contribution is 2.23. The number of aromatic nitrogens is 4. The van der Waals surface area contributed by atoms with E-state index in [2.05, 4.69) is 28.8 Å². The molecule has 0 aliphatic heterocycles. The smallest absolute Gasteiger partial charge is 0.247 e. The highest BCUT2D eigenvalue weighted by atomic mass is 16.5. The van der Waals surface area contributed by atoms with Gasteiger partial charge in [-0.2, -0.15) is 9.97 Å². The van der Waals surface area contributed by atoms with Gasteiger partial charge in [-0.15, -0.1) is 0 Å². The number of benzene rings is 1. The van der Waals surface area contributed by atoms with Crippen LogP contribution in [-0.2, 0) is 13.2 Å². The van der Waals surface area contributed by atoms with Crippen LogP contribution >= 0.6 is 0 Å². The Morgan fingerprint density at radius 2 is 1.95 bits per heavy atom. The van der Waals surface area contributed by atoms with Crippen LogP contribution < -0.4 is 10.5 Å². The normalized spacial score (nSPS) is 11.2. The maximum atomic E-state index is 5.81. The number of imidazole rings is 1. The van der Waals surface area contributed by atoms with Crippen LogP contribution in [0.25, 0.3) is 11.2 Å². The second kappa shape index (κ2) is 6.01. The van der Waals surface area contributed by atoms with Crippen LogP contribution in [0, 0.1) is 5.92 Å². The first-order valence-corrected chi connectivity index (χ1v) is 7.28. The Balaban J connectivity index is 1.90. The molecular formula is C16H19N5O. The summed E-state index contributed by atoms with van der Waals surface area (Å²) < 4.78 is 7.78. The van der Waals surface area contributed by atoms with Crippen LogP contribution in [0.2, 0.25) is 0 Å². The summed E-state index contributed by atoms with van der Waals surface area (Å²) in [5.41, 5.74) is 8.23. The van der Waals surface area contributed by atoms with Gasteiger partial charge in [0.1, 0.15) is 6.61 Å². The van der Waals surface area contributed by atoms with Crippen LogP contribution in [0.5, 0.6) is 5.88 Å². The monoisotopic (exact) mass is 297 g/mol. The lowest BCUT2D eigenvalue weighted by Crippen LogP contribution is -2.06. The molecule has 3 aromatic rings. The average molecular weight is 297 g/mol. The predicted molar refractivity (Wildman–Crippen MR) is 85.3 cm³/mol. The number of nitrogens with zero attached hydrogens (tertiary/aromatic N) is 4. The highest BCUT2D eigenvalue weighted by Gasteiger charge is 2.14. The summed E-state index contributed by atoms with van der Waals surface area (Å²) in [6.45, 7) is 5.53. The SMILES string of the molecule is CC(C)Cn1cnc2c(OCc3ccccc3)nc(N)nc21. The van der Waals surface area contributed by atoms with Crippen LogP contribution in [-0.4, -0.2) is 19.5 Å². The maximum Gasteiger partial charge on any atom is 0.247 e. The lowest BCUT2D eigenvalue weighted by molar-refractivity contribution is 0.297. The van der Waals surface area contributed by atoms with E-state index in [-0.39, 0.29) is 5.95 Å². The van der Waals surface area contributed by atoms with Crippen molar-refractivity contribution in [2.75, 3.05) is 5.73 Å². The third kappa shape index (κ3) is 3.00. The zero-order valence-electron chi connectivity index (χ0n) is 12.7. The number of nitrogens with two attached hydrogens (primary N) is 1. The molecule has 0 saturated heterocycles. The van der Waals surface area contributed by atoms with Crippen molar-refractivity contribution < 1.29 is 4.74 Å². The van der Waals surface area contributed by atoms with Crippen LogP contribution in [0.3, 0.4) is 0 Å². The first-order chi connectivity index (χ1) is 10.6. The fourth-order valence-corrected chi connectivity index (χ4v) is 2.29. The molecule has 0 spiro atoms. The fourth-order valence-electron chi connectivity index (χ4n) is 2.29. The summed E-state index contributed by atoms with van der Waals surface area (Å²) in [4.78, 5) is 12.9. The third-order valence-corrected chi connectivity index (χ3v) is 3.23. The Labute approximate surface area is 129 Å². The van der Waals surface area contributed by atoms with Crippen LogP contribution in [0.15, 0.2) is 36.7 Å².